The average Bonchev–Trinajstić information content (AvgIpc) is 2.71. The van der Waals surface area contributed by atoms with Crippen molar-refractivity contribution in [3.05, 3.63) is 17.5 Å². The molecule has 19 heavy (non-hydrogen) atoms. The third kappa shape index (κ3) is 4.18. The van der Waals surface area contributed by atoms with E-state index in [9.17, 15) is 0 Å². The maximum Gasteiger partial charge on any atom is 0.0824 e. The molecule has 0 spiro atoms. The zero-order valence-corrected chi connectivity index (χ0v) is 12.8. The van der Waals surface area contributed by atoms with Gasteiger partial charge in [0.2, 0.25) is 0 Å². The summed E-state index contributed by atoms with van der Waals surface area (Å²) in [5.74, 6) is 0. The lowest BCUT2D eigenvalue weighted by Crippen LogP contribution is -2.45. The fourth-order valence-corrected chi connectivity index (χ4v) is 2.25. The monoisotopic (exact) mass is 288 g/mol. The zero-order chi connectivity index (χ0) is 13.1. The topological polar surface area (TPSA) is 56.3 Å². The summed E-state index contributed by atoms with van der Waals surface area (Å²) in [6.07, 6.45) is 2.34. The number of aromatic nitrogens is 2. The van der Waals surface area contributed by atoms with E-state index in [1.807, 2.05) is 4.68 Å². The molecule has 1 saturated heterocycles. The van der Waals surface area contributed by atoms with Crippen LogP contribution in [0.3, 0.4) is 0 Å². The van der Waals surface area contributed by atoms with Gasteiger partial charge in [0.05, 0.1) is 18.4 Å². The van der Waals surface area contributed by atoms with Gasteiger partial charge in [-0.25, -0.2) is 0 Å². The van der Waals surface area contributed by atoms with Crippen LogP contribution in [0, 0.1) is 6.92 Å². The molecule has 2 heterocycles. The molecule has 1 aromatic rings. The molecular formula is C13H25ClN4O. The number of nitrogens with zero attached hydrogens (tertiary/aromatic N) is 3. The van der Waals surface area contributed by atoms with Crippen LogP contribution in [0.15, 0.2) is 6.20 Å². The Hall–Kier alpha value is -0.620. The quantitative estimate of drug-likeness (QED) is 0.909. The highest BCUT2D eigenvalue weighted by molar-refractivity contribution is 5.85. The predicted octanol–water partition coefficient (Wildman–Crippen LogP) is 1.35. The third-order valence-corrected chi connectivity index (χ3v) is 3.43. The Kier molecular flexibility index (Phi) is 6.26. The van der Waals surface area contributed by atoms with E-state index < -0.39 is 0 Å². The molecule has 1 aliphatic heterocycles. The summed E-state index contributed by atoms with van der Waals surface area (Å²) in [6.45, 7) is 10.6. The number of halogens is 1. The highest BCUT2D eigenvalue weighted by Gasteiger charge is 2.20. The van der Waals surface area contributed by atoms with Crippen LogP contribution in [-0.4, -0.2) is 47.0 Å². The second-order valence-corrected chi connectivity index (χ2v) is 5.28. The molecule has 1 aromatic heterocycles. The lowest BCUT2D eigenvalue weighted by molar-refractivity contribution is -0.0261. The van der Waals surface area contributed by atoms with Crippen molar-refractivity contribution in [2.45, 2.75) is 39.5 Å². The van der Waals surface area contributed by atoms with E-state index in [1.54, 1.807) is 0 Å². The van der Waals surface area contributed by atoms with E-state index >= 15 is 0 Å². The summed E-state index contributed by atoms with van der Waals surface area (Å²) in [5, 5.41) is 4.55. The first-order valence-corrected chi connectivity index (χ1v) is 6.68. The van der Waals surface area contributed by atoms with E-state index in [0.717, 1.165) is 31.9 Å². The van der Waals surface area contributed by atoms with Gasteiger partial charge in [-0.15, -0.1) is 12.4 Å². The Morgan fingerprint density at radius 2 is 2.26 bits per heavy atom. The fourth-order valence-electron chi connectivity index (χ4n) is 2.25. The zero-order valence-electron chi connectivity index (χ0n) is 12.0. The third-order valence-electron chi connectivity index (χ3n) is 3.43. The van der Waals surface area contributed by atoms with E-state index in [-0.39, 0.29) is 18.5 Å². The fraction of sp³-hybridized carbons (Fsp3) is 0.769. The van der Waals surface area contributed by atoms with Crippen LogP contribution in [0.2, 0.25) is 0 Å². The Morgan fingerprint density at radius 1 is 1.53 bits per heavy atom. The maximum atomic E-state index is 5.66. The van der Waals surface area contributed by atoms with Crippen LogP contribution < -0.4 is 5.73 Å². The van der Waals surface area contributed by atoms with E-state index in [4.69, 9.17) is 10.5 Å². The van der Waals surface area contributed by atoms with Crippen molar-refractivity contribution in [3.63, 3.8) is 0 Å². The Bertz CT molecular complexity index is 394. The molecule has 0 radical (unpaired) electrons. The van der Waals surface area contributed by atoms with Crippen molar-refractivity contribution < 1.29 is 4.74 Å². The predicted molar refractivity (Wildman–Crippen MR) is 78.7 cm³/mol. The lowest BCUT2D eigenvalue weighted by atomic mass is 10.2. The standard InChI is InChI=1S/C13H24N4O.ClH/c1-10(2)17-8-12(11(3)15-17)7-16-4-5-18-13(6-14)9-16;/h8,10,13H,4-7,9,14H2,1-3H3;1H. The second-order valence-electron chi connectivity index (χ2n) is 5.28. The molecule has 110 valence electrons. The summed E-state index contributed by atoms with van der Waals surface area (Å²) in [6, 6.07) is 0.416. The van der Waals surface area contributed by atoms with Crippen LogP contribution in [0.25, 0.3) is 0 Å². The van der Waals surface area contributed by atoms with Crippen LogP contribution in [-0.2, 0) is 11.3 Å². The first kappa shape index (κ1) is 16.4. The molecule has 0 amide bonds. The number of rotatable bonds is 4. The van der Waals surface area contributed by atoms with Gasteiger partial charge >= 0.3 is 0 Å². The Labute approximate surface area is 121 Å². The highest BCUT2D eigenvalue weighted by Crippen LogP contribution is 2.15. The van der Waals surface area contributed by atoms with Crippen molar-refractivity contribution in [2.75, 3.05) is 26.2 Å². The minimum Gasteiger partial charge on any atom is -0.374 e. The summed E-state index contributed by atoms with van der Waals surface area (Å²) in [7, 11) is 0. The van der Waals surface area contributed by atoms with Crippen molar-refractivity contribution in [1.82, 2.24) is 14.7 Å². The van der Waals surface area contributed by atoms with Crippen LogP contribution in [0.5, 0.6) is 0 Å². The van der Waals surface area contributed by atoms with E-state index in [2.05, 4.69) is 37.0 Å². The molecule has 1 fully saturated rings. The smallest absolute Gasteiger partial charge is 0.0824 e. The lowest BCUT2D eigenvalue weighted by Gasteiger charge is -2.32. The Morgan fingerprint density at radius 3 is 2.84 bits per heavy atom. The number of ether oxygens (including phenoxy) is 1. The summed E-state index contributed by atoms with van der Waals surface area (Å²) < 4.78 is 7.61. The van der Waals surface area contributed by atoms with Crippen molar-refractivity contribution >= 4 is 12.4 Å². The molecule has 2 rings (SSSR count). The Balaban J connectivity index is 0.00000180. The number of nitrogens with two attached hydrogens (primary N) is 1. The number of hydrogen-bond acceptors (Lipinski definition) is 4. The van der Waals surface area contributed by atoms with Gasteiger partial charge < -0.3 is 10.5 Å². The number of aryl methyl sites for hydroxylation is 1. The highest BCUT2D eigenvalue weighted by atomic mass is 35.5. The molecule has 0 aromatic carbocycles. The SMILES string of the molecule is Cc1nn(C(C)C)cc1CN1CCOC(CN)C1.Cl. The van der Waals surface area contributed by atoms with Gasteiger partial charge in [0.25, 0.3) is 0 Å². The molecule has 2 N–H and O–H groups in total. The average molecular weight is 289 g/mol. The number of morpholine rings is 1. The molecular weight excluding hydrogens is 264 g/mol. The molecule has 1 unspecified atom stereocenters. The minimum atomic E-state index is 0. The summed E-state index contributed by atoms with van der Waals surface area (Å²) in [4.78, 5) is 2.40. The molecule has 0 saturated carbocycles. The first-order valence-electron chi connectivity index (χ1n) is 6.68. The molecule has 0 bridgehead atoms. The molecule has 5 nitrogen and oxygen atoms in total. The van der Waals surface area contributed by atoms with Gasteiger partial charge in [-0.2, -0.15) is 5.10 Å². The van der Waals surface area contributed by atoms with E-state index in [1.165, 1.54) is 5.56 Å². The molecule has 1 aliphatic rings. The van der Waals surface area contributed by atoms with Gasteiger partial charge in [-0.3, -0.25) is 9.58 Å². The van der Waals surface area contributed by atoms with Crippen LogP contribution in [0.1, 0.15) is 31.1 Å². The molecule has 1 atom stereocenters. The minimum absolute atomic E-state index is 0. The van der Waals surface area contributed by atoms with Crippen molar-refractivity contribution in [3.8, 4) is 0 Å². The second kappa shape index (κ2) is 7.24. The van der Waals surface area contributed by atoms with Crippen LogP contribution in [0.4, 0.5) is 0 Å². The van der Waals surface area contributed by atoms with Gasteiger partial charge in [0, 0.05) is 44.0 Å². The van der Waals surface area contributed by atoms with Gasteiger partial charge in [0.15, 0.2) is 0 Å². The number of hydrogen-bond donors (Lipinski definition) is 1. The van der Waals surface area contributed by atoms with Gasteiger partial charge in [-0.1, -0.05) is 0 Å². The van der Waals surface area contributed by atoms with E-state index in [0.29, 0.717) is 12.6 Å². The molecule has 6 heteroatoms. The normalized spacial score (nSPS) is 20.6. The first-order chi connectivity index (χ1) is 8.60. The molecule has 0 aliphatic carbocycles. The van der Waals surface area contributed by atoms with Crippen molar-refractivity contribution in [1.29, 1.82) is 0 Å². The summed E-state index contributed by atoms with van der Waals surface area (Å²) >= 11 is 0. The van der Waals surface area contributed by atoms with Crippen LogP contribution >= 0.6 is 12.4 Å². The van der Waals surface area contributed by atoms with Gasteiger partial charge in [0.1, 0.15) is 0 Å². The summed E-state index contributed by atoms with van der Waals surface area (Å²) in [5.41, 5.74) is 8.10. The largest absolute Gasteiger partial charge is 0.374 e. The maximum absolute atomic E-state index is 5.66. The van der Waals surface area contributed by atoms with Gasteiger partial charge in [-0.05, 0) is 20.8 Å². The van der Waals surface area contributed by atoms with Crippen molar-refractivity contribution in [2.24, 2.45) is 5.73 Å².